The molecular weight excluding hydrogens is 408 g/mol. The maximum atomic E-state index is 13.9. The predicted molar refractivity (Wildman–Crippen MR) is 122 cm³/mol. The van der Waals surface area contributed by atoms with Gasteiger partial charge >= 0.3 is 0 Å². The fourth-order valence-corrected chi connectivity index (χ4v) is 5.27. The molecule has 0 aromatic heterocycles. The van der Waals surface area contributed by atoms with E-state index in [1.807, 2.05) is 26.0 Å². The van der Waals surface area contributed by atoms with Crippen LogP contribution in [-0.4, -0.2) is 18.6 Å². The van der Waals surface area contributed by atoms with Crippen molar-refractivity contribution in [1.82, 2.24) is 0 Å². The van der Waals surface area contributed by atoms with Crippen molar-refractivity contribution in [1.29, 1.82) is 0 Å². The van der Waals surface area contributed by atoms with Gasteiger partial charge in [-0.1, -0.05) is 59.7 Å². The standard InChI is InChI=1S/C26H22O4S/c1-17-3-13-25(23(15-17)19-5-9-21(27)10-6-19)31(29,30)26-14-4-18(2)16-24(26)20-7-11-22(28)12-8-20/h3-16,27-28H,1-2H3. The molecule has 0 saturated carbocycles. The van der Waals surface area contributed by atoms with Crippen LogP contribution in [-0.2, 0) is 9.84 Å². The number of hydrogen-bond acceptors (Lipinski definition) is 4. The van der Waals surface area contributed by atoms with Crippen LogP contribution in [0.4, 0.5) is 0 Å². The molecule has 4 nitrogen and oxygen atoms in total. The number of aryl methyl sites for hydroxylation is 2. The monoisotopic (exact) mass is 430 g/mol. The number of hydrogen-bond donors (Lipinski definition) is 2. The maximum absolute atomic E-state index is 13.9. The van der Waals surface area contributed by atoms with Gasteiger partial charge in [0.2, 0.25) is 9.84 Å². The summed E-state index contributed by atoms with van der Waals surface area (Å²) in [6, 6.07) is 23.5. The second-order valence-corrected chi connectivity index (χ2v) is 9.48. The lowest BCUT2D eigenvalue weighted by Gasteiger charge is -2.16. The number of benzene rings is 4. The van der Waals surface area contributed by atoms with Gasteiger partial charge in [0.05, 0.1) is 9.79 Å². The maximum Gasteiger partial charge on any atom is 0.207 e. The minimum atomic E-state index is -3.88. The molecule has 0 amide bonds. The Kier molecular flexibility index (Phi) is 5.29. The number of sulfone groups is 1. The third-order valence-corrected chi connectivity index (χ3v) is 7.08. The van der Waals surface area contributed by atoms with Crippen molar-refractivity contribution in [3.8, 4) is 33.8 Å². The van der Waals surface area contributed by atoms with Crippen molar-refractivity contribution < 1.29 is 18.6 Å². The van der Waals surface area contributed by atoms with Crippen LogP contribution in [0, 0.1) is 13.8 Å². The Morgan fingerprint density at radius 1 is 0.548 bits per heavy atom. The van der Waals surface area contributed by atoms with E-state index in [0.717, 1.165) is 11.1 Å². The van der Waals surface area contributed by atoms with Crippen molar-refractivity contribution in [2.24, 2.45) is 0 Å². The molecule has 4 aromatic rings. The van der Waals surface area contributed by atoms with Gasteiger partial charge in [-0.25, -0.2) is 8.42 Å². The lowest BCUT2D eigenvalue weighted by Crippen LogP contribution is -2.06. The summed E-state index contributed by atoms with van der Waals surface area (Å²) < 4.78 is 27.8. The highest BCUT2D eigenvalue weighted by Gasteiger charge is 2.25. The summed E-state index contributed by atoms with van der Waals surface area (Å²) in [5.41, 5.74) is 4.44. The van der Waals surface area contributed by atoms with Gasteiger partial charge in [0.1, 0.15) is 11.5 Å². The molecule has 0 saturated heterocycles. The smallest absolute Gasteiger partial charge is 0.207 e. The molecule has 156 valence electrons. The Hall–Kier alpha value is -3.57. The first-order valence-corrected chi connectivity index (χ1v) is 11.3. The molecule has 0 bridgehead atoms. The van der Waals surface area contributed by atoms with Crippen molar-refractivity contribution in [2.45, 2.75) is 23.6 Å². The van der Waals surface area contributed by atoms with Crippen LogP contribution in [0.25, 0.3) is 22.3 Å². The minimum Gasteiger partial charge on any atom is -0.508 e. The summed E-state index contributed by atoms with van der Waals surface area (Å²) >= 11 is 0. The van der Waals surface area contributed by atoms with E-state index < -0.39 is 9.84 Å². The van der Waals surface area contributed by atoms with Crippen LogP contribution in [0.2, 0.25) is 0 Å². The number of rotatable bonds is 4. The van der Waals surface area contributed by atoms with Crippen molar-refractivity contribution >= 4 is 9.84 Å². The molecule has 4 rings (SSSR count). The summed E-state index contributed by atoms with van der Waals surface area (Å²) in [6.45, 7) is 3.82. The molecule has 0 aliphatic heterocycles. The summed E-state index contributed by atoms with van der Waals surface area (Å²) in [4.78, 5) is 0.403. The Bertz CT molecular complexity index is 1250. The van der Waals surface area contributed by atoms with Crippen LogP contribution in [0.3, 0.4) is 0 Å². The molecule has 31 heavy (non-hydrogen) atoms. The van der Waals surface area contributed by atoms with E-state index in [-0.39, 0.29) is 21.3 Å². The molecule has 0 spiro atoms. The molecule has 2 N–H and O–H groups in total. The van der Waals surface area contributed by atoms with E-state index in [1.165, 1.54) is 0 Å². The van der Waals surface area contributed by atoms with E-state index >= 15 is 0 Å². The lowest BCUT2D eigenvalue weighted by atomic mass is 10.0. The van der Waals surface area contributed by atoms with Gasteiger partial charge in [0, 0.05) is 11.1 Å². The van der Waals surface area contributed by atoms with Gasteiger partial charge in [-0.05, 0) is 61.4 Å². The topological polar surface area (TPSA) is 74.6 Å². The van der Waals surface area contributed by atoms with Gasteiger partial charge in [-0.15, -0.1) is 0 Å². The third kappa shape index (κ3) is 4.05. The second-order valence-electron chi connectivity index (χ2n) is 7.60. The molecule has 0 heterocycles. The number of aromatic hydroxyl groups is 2. The summed E-state index contributed by atoms with van der Waals surface area (Å²) in [5, 5.41) is 19.3. The van der Waals surface area contributed by atoms with Gasteiger partial charge in [-0.2, -0.15) is 0 Å². The first-order valence-electron chi connectivity index (χ1n) is 9.81. The summed E-state index contributed by atoms with van der Waals surface area (Å²) in [6.07, 6.45) is 0. The summed E-state index contributed by atoms with van der Waals surface area (Å²) in [5.74, 6) is 0.239. The zero-order chi connectivity index (χ0) is 22.2. The predicted octanol–water partition coefficient (Wildman–Crippen LogP) is 5.88. The van der Waals surface area contributed by atoms with Crippen molar-refractivity contribution in [3.05, 3.63) is 96.1 Å². The zero-order valence-electron chi connectivity index (χ0n) is 17.2. The molecule has 0 aliphatic carbocycles. The minimum absolute atomic E-state index is 0.119. The third-order valence-electron chi connectivity index (χ3n) is 5.21. The lowest BCUT2D eigenvalue weighted by molar-refractivity contribution is 0.475. The molecule has 0 aliphatic rings. The average Bonchev–Trinajstić information content (AvgIpc) is 2.74. The molecule has 4 aromatic carbocycles. The van der Waals surface area contributed by atoms with Crippen molar-refractivity contribution in [3.63, 3.8) is 0 Å². The highest BCUT2D eigenvalue weighted by Crippen LogP contribution is 2.37. The SMILES string of the molecule is Cc1ccc(S(=O)(=O)c2ccc(C)cc2-c2ccc(O)cc2)c(-c2ccc(O)cc2)c1. The Morgan fingerprint density at radius 2 is 0.903 bits per heavy atom. The highest BCUT2D eigenvalue weighted by atomic mass is 32.2. The Labute approximate surface area is 182 Å². The molecule has 0 atom stereocenters. The number of phenols is 2. The van der Waals surface area contributed by atoms with E-state index in [4.69, 9.17) is 0 Å². The van der Waals surface area contributed by atoms with E-state index in [1.54, 1.807) is 72.8 Å². The van der Waals surface area contributed by atoms with Gasteiger partial charge in [-0.3, -0.25) is 0 Å². The van der Waals surface area contributed by atoms with E-state index in [9.17, 15) is 18.6 Å². The molecule has 5 heteroatoms. The number of phenolic OH excluding ortho intramolecular Hbond substituents is 2. The van der Waals surface area contributed by atoms with Gasteiger partial charge in [0.15, 0.2) is 0 Å². The molecule has 0 fully saturated rings. The first-order chi connectivity index (χ1) is 14.8. The zero-order valence-corrected chi connectivity index (χ0v) is 18.0. The van der Waals surface area contributed by atoms with Crippen LogP contribution >= 0.6 is 0 Å². The fourth-order valence-electron chi connectivity index (χ4n) is 3.61. The molecule has 0 radical (unpaired) electrons. The Balaban J connectivity index is 1.95. The quantitative estimate of drug-likeness (QED) is 0.424. The molecular formula is C26H22O4S. The Morgan fingerprint density at radius 3 is 1.26 bits per heavy atom. The van der Waals surface area contributed by atoms with Crippen LogP contribution in [0.1, 0.15) is 11.1 Å². The van der Waals surface area contributed by atoms with Crippen LogP contribution in [0.15, 0.2) is 94.7 Å². The summed E-state index contributed by atoms with van der Waals surface area (Å²) in [7, 11) is -3.88. The normalized spacial score (nSPS) is 11.4. The highest BCUT2D eigenvalue weighted by molar-refractivity contribution is 7.91. The van der Waals surface area contributed by atoms with E-state index in [2.05, 4.69) is 0 Å². The van der Waals surface area contributed by atoms with Gasteiger partial charge in [0.25, 0.3) is 0 Å². The first kappa shape index (κ1) is 20.7. The second kappa shape index (κ2) is 7.93. The van der Waals surface area contributed by atoms with Crippen LogP contribution < -0.4 is 0 Å². The van der Waals surface area contributed by atoms with Gasteiger partial charge < -0.3 is 10.2 Å². The largest absolute Gasteiger partial charge is 0.508 e. The van der Waals surface area contributed by atoms with Crippen LogP contribution in [0.5, 0.6) is 11.5 Å². The van der Waals surface area contributed by atoms with Crippen molar-refractivity contribution in [2.75, 3.05) is 0 Å². The van der Waals surface area contributed by atoms with E-state index in [0.29, 0.717) is 22.3 Å². The molecule has 0 unspecified atom stereocenters. The average molecular weight is 431 g/mol. The fraction of sp³-hybridized carbons (Fsp3) is 0.0769.